The third-order valence-corrected chi connectivity index (χ3v) is 2.67. The Morgan fingerprint density at radius 1 is 1.00 bits per heavy atom. The summed E-state index contributed by atoms with van der Waals surface area (Å²) >= 11 is 0. The van der Waals surface area contributed by atoms with Crippen LogP contribution in [0, 0.1) is 0 Å². The molecule has 0 saturated heterocycles. The lowest BCUT2D eigenvalue weighted by Gasteiger charge is -2.00. The molecule has 0 amide bonds. The molecule has 82 valence electrons. The first-order valence-corrected chi connectivity index (χ1v) is 5.38. The fraction of sp³-hybridized carbons (Fsp3) is 0. The molecule has 0 saturated carbocycles. The third kappa shape index (κ3) is 1.72. The highest BCUT2D eigenvalue weighted by Gasteiger charge is 2.11. The molecule has 3 aromatic rings. The topological polar surface area (TPSA) is 45.8 Å². The summed E-state index contributed by atoms with van der Waals surface area (Å²) < 4.78 is 0. The molecule has 0 aliphatic rings. The summed E-state index contributed by atoms with van der Waals surface area (Å²) in [6.45, 7) is 0. The predicted octanol–water partition coefficient (Wildman–Crippen LogP) is 2.79. The largest absolute Gasteiger partial charge is 0.358 e. The molecule has 3 rings (SSSR count). The Kier molecular flexibility index (Phi) is 2.22. The third-order valence-electron chi connectivity index (χ3n) is 2.67. The summed E-state index contributed by atoms with van der Waals surface area (Å²) in [4.78, 5) is 19.3. The highest BCUT2D eigenvalue weighted by atomic mass is 16.1. The standard InChI is InChI=1S/C14H10N2O/c17-14(12-6-3-9-15-12)13-8-7-10-4-1-2-5-11(10)16-13/h1-9,15H. The van der Waals surface area contributed by atoms with E-state index in [-0.39, 0.29) is 5.78 Å². The van der Waals surface area contributed by atoms with Crippen LogP contribution in [0.25, 0.3) is 10.9 Å². The molecule has 3 nitrogen and oxygen atoms in total. The van der Waals surface area contributed by atoms with Gasteiger partial charge in [-0.15, -0.1) is 0 Å². The van der Waals surface area contributed by atoms with E-state index >= 15 is 0 Å². The van der Waals surface area contributed by atoms with Crippen LogP contribution in [0.4, 0.5) is 0 Å². The molecular formula is C14H10N2O. The van der Waals surface area contributed by atoms with E-state index in [2.05, 4.69) is 9.97 Å². The van der Waals surface area contributed by atoms with Crippen LogP contribution in [0.15, 0.2) is 54.7 Å². The van der Waals surface area contributed by atoms with Gasteiger partial charge >= 0.3 is 0 Å². The molecule has 2 aromatic heterocycles. The molecule has 1 aromatic carbocycles. The average Bonchev–Trinajstić information content (AvgIpc) is 2.91. The van der Waals surface area contributed by atoms with E-state index in [1.807, 2.05) is 30.3 Å². The number of carbonyl (C=O) groups is 1. The Morgan fingerprint density at radius 3 is 2.71 bits per heavy atom. The number of nitrogens with one attached hydrogen (secondary N) is 1. The van der Waals surface area contributed by atoms with Crippen molar-refractivity contribution in [2.24, 2.45) is 0 Å². The number of hydrogen-bond acceptors (Lipinski definition) is 2. The molecule has 0 radical (unpaired) electrons. The van der Waals surface area contributed by atoms with Crippen molar-refractivity contribution in [3.8, 4) is 0 Å². The van der Waals surface area contributed by atoms with Gasteiger partial charge in [-0.1, -0.05) is 24.3 Å². The number of aromatic amines is 1. The van der Waals surface area contributed by atoms with Gasteiger partial charge in [0.15, 0.2) is 0 Å². The minimum absolute atomic E-state index is 0.0826. The molecule has 0 spiro atoms. The first kappa shape index (κ1) is 9.78. The van der Waals surface area contributed by atoms with Gasteiger partial charge in [-0.05, 0) is 24.3 Å². The van der Waals surface area contributed by atoms with Crippen LogP contribution in [0.3, 0.4) is 0 Å². The zero-order valence-corrected chi connectivity index (χ0v) is 9.05. The maximum Gasteiger partial charge on any atom is 0.227 e. The fourth-order valence-electron chi connectivity index (χ4n) is 1.80. The normalized spacial score (nSPS) is 10.6. The van der Waals surface area contributed by atoms with Crippen molar-refractivity contribution in [1.29, 1.82) is 0 Å². The van der Waals surface area contributed by atoms with Crippen LogP contribution in [0.5, 0.6) is 0 Å². The number of rotatable bonds is 2. The lowest BCUT2D eigenvalue weighted by molar-refractivity contribution is 0.103. The highest BCUT2D eigenvalue weighted by Crippen LogP contribution is 2.13. The van der Waals surface area contributed by atoms with Crippen molar-refractivity contribution < 1.29 is 4.79 Å². The van der Waals surface area contributed by atoms with E-state index < -0.39 is 0 Å². The second-order valence-corrected chi connectivity index (χ2v) is 3.80. The van der Waals surface area contributed by atoms with E-state index in [1.54, 1.807) is 24.4 Å². The monoisotopic (exact) mass is 222 g/mol. The van der Waals surface area contributed by atoms with Crippen molar-refractivity contribution >= 4 is 16.7 Å². The van der Waals surface area contributed by atoms with E-state index in [9.17, 15) is 4.79 Å². The van der Waals surface area contributed by atoms with Crippen molar-refractivity contribution in [2.75, 3.05) is 0 Å². The number of benzene rings is 1. The first-order valence-electron chi connectivity index (χ1n) is 5.38. The molecule has 17 heavy (non-hydrogen) atoms. The molecule has 0 unspecified atom stereocenters. The number of hydrogen-bond donors (Lipinski definition) is 1. The Morgan fingerprint density at radius 2 is 1.88 bits per heavy atom. The van der Waals surface area contributed by atoms with Crippen LogP contribution in [-0.2, 0) is 0 Å². The van der Waals surface area contributed by atoms with Gasteiger partial charge in [0, 0.05) is 11.6 Å². The van der Waals surface area contributed by atoms with E-state index in [4.69, 9.17) is 0 Å². The maximum atomic E-state index is 12.1. The number of nitrogens with zero attached hydrogens (tertiary/aromatic N) is 1. The second kappa shape index (κ2) is 3.87. The zero-order chi connectivity index (χ0) is 11.7. The van der Waals surface area contributed by atoms with E-state index in [1.165, 1.54) is 0 Å². The number of fused-ring (bicyclic) bond motifs is 1. The summed E-state index contributed by atoms with van der Waals surface area (Å²) in [6.07, 6.45) is 1.73. The average molecular weight is 222 g/mol. The van der Waals surface area contributed by atoms with Gasteiger partial charge in [-0.25, -0.2) is 4.98 Å². The molecule has 0 bridgehead atoms. The van der Waals surface area contributed by atoms with E-state index in [0.29, 0.717) is 11.4 Å². The number of pyridine rings is 1. The lowest BCUT2D eigenvalue weighted by atomic mass is 10.1. The number of ketones is 1. The van der Waals surface area contributed by atoms with Gasteiger partial charge < -0.3 is 4.98 Å². The molecule has 0 aliphatic carbocycles. The van der Waals surface area contributed by atoms with Crippen LogP contribution in [0.1, 0.15) is 16.2 Å². The Bertz CT molecular complexity index is 672. The lowest BCUT2D eigenvalue weighted by Crippen LogP contribution is -2.04. The second-order valence-electron chi connectivity index (χ2n) is 3.80. The Hall–Kier alpha value is -2.42. The van der Waals surface area contributed by atoms with Crippen LogP contribution >= 0.6 is 0 Å². The van der Waals surface area contributed by atoms with Gasteiger partial charge in [0.2, 0.25) is 5.78 Å². The molecule has 0 atom stereocenters. The number of aromatic nitrogens is 2. The van der Waals surface area contributed by atoms with Crippen LogP contribution in [-0.4, -0.2) is 15.8 Å². The highest BCUT2D eigenvalue weighted by molar-refractivity contribution is 6.07. The number of H-pyrrole nitrogens is 1. The SMILES string of the molecule is O=C(c1ccc2ccccc2n1)c1ccc[nH]1. The van der Waals surface area contributed by atoms with Gasteiger partial charge in [-0.3, -0.25) is 4.79 Å². The van der Waals surface area contributed by atoms with Gasteiger partial charge in [0.1, 0.15) is 5.69 Å². The summed E-state index contributed by atoms with van der Waals surface area (Å²) in [5.41, 5.74) is 1.86. The molecule has 2 heterocycles. The van der Waals surface area contributed by atoms with Crippen LogP contribution in [0.2, 0.25) is 0 Å². The minimum atomic E-state index is -0.0826. The van der Waals surface area contributed by atoms with Gasteiger partial charge in [-0.2, -0.15) is 0 Å². The van der Waals surface area contributed by atoms with Gasteiger partial charge in [0.05, 0.1) is 11.2 Å². The molecule has 0 aliphatic heterocycles. The molecule has 3 heteroatoms. The summed E-state index contributed by atoms with van der Waals surface area (Å²) in [6, 6.07) is 15.0. The predicted molar refractivity (Wildman–Crippen MR) is 66.0 cm³/mol. The fourth-order valence-corrected chi connectivity index (χ4v) is 1.80. The van der Waals surface area contributed by atoms with Gasteiger partial charge in [0.25, 0.3) is 0 Å². The molecular weight excluding hydrogens is 212 g/mol. The molecule has 0 fully saturated rings. The minimum Gasteiger partial charge on any atom is -0.358 e. The van der Waals surface area contributed by atoms with Crippen LogP contribution < -0.4 is 0 Å². The number of para-hydroxylation sites is 1. The zero-order valence-electron chi connectivity index (χ0n) is 9.05. The summed E-state index contributed by atoms with van der Waals surface area (Å²) in [5, 5.41) is 1.04. The van der Waals surface area contributed by atoms with Crippen molar-refractivity contribution in [2.45, 2.75) is 0 Å². The van der Waals surface area contributed by atoms with Crippen molar-refractivity contribution in [1.82, 2.24) is 9.97 Å². The summed E-state index contributed by atoms with van der Waals surface area (Å²) in [7, 11) is 0. The Labute approximate surface area is 98.1 Å². The molecule has 1 N–H and O–H groups in total. The van der Waals surface area contributed by atoms with Crippen molar-refractivity contribution in [3.63, 3.8) is 0 Å². The van der Waals surface area contributed by atoms with E-state index in [0.717, 1.165) is 10.9 Å². The quantitative estimate of drug-likeness (QED) is 0.677. The number of carbonyl (C=O) groups excluding carboxylic acids is 1. The maximum absolute atomic E-state index is 12.1. The Balaban J connectivity index is 2.09. The smallest absolute Gasteiger partial charge is 0.227 e. The van der Waals surface area contributed by atoms with Crippen molar-refractivity contribution in [3.05, 3.63) is 66.1 Å². The first-order chi connectivity index (χ1) is 8.34. The summed E-state index contributed by atoms with van der Waals surface area (Å²) in [5.74, 6) is -0.0826.